The first-order chi connectivity index (χ1) is 6.58. The van der Waals surface area contributed by atoms with Crippen LogP contribution in [-0.2, 0) is 19.1 Å². The second-order valence-electron chi connectivity index (χ2n) is 2.78. The zero-order valence-electron chi connectivity index (χ0n) is 7.30. The number of hydrogen-bond donors (Lipinski definition) is 2. The first-order valence-corrected chi connectivity index (χ1v) is 3.98. The highest BCUT2D eigenvalue weighted by molar-refractivity contribution is 5.84. The highest BCUT2D eigenvalue weighted by Crippen LogP contribution is 2.03. The van der Waals surface area contributed by atoms with E-state index in [0.29, 0.717) is 0 Å². The number of carbonyl (C=O) groups is 2. The first kappa shape index (κ1) is 10.5. The van der Waals surface area contributed by atoms with Crippen molar-refractivity contribution in [3.8, 4) is 0 Å². The molecular formula is C8H10O6. The third kappa shape index (κ3) is 3.44. The minimum Gasteiger partial charge on any atom is -0.508 e. The summed E-state index contributed by atoms with van der Waals surface area (Å²) in [7, 11) is 0. The van der Waals surface area contributed by atoms with Crippen molar-refractivity contribution < 1.29 is 29.3 Å². The van der Waals surface area contributed by atoms with Crippen LogP contribution in [0.15, 0.2) is 11.8 Å². The summed E-state index contributed by atoms with van der Waals surface area (Å²) in [4.78, 5) is 20.1. The van der Waals surface area contributed by atoms with Gasteiger partial charge in [0.2, 0.25) is 0 Å². The lowest BCUT2D eigenvalue weighted by Gasteiger charge is -1.87. The average molecular weight is 202 g/mol. The van der Waals surface area contributed by atoms with Gasteiger partial charge in [0, 0.05) is 0 Å². The number of carbonyl (C=O) groups excluding carboxylic acids is 2. The van der Waals surface area contributed by atoms with Crippen molar-refractivity contribution >= 4 is 11.9 Å². The van der Waals surface area contributed by atoms with Gasteiger partial charge in [-0.3, -0.25) is 4.79 Å². The summed E-state index contributed by atoms with van der Waals surface area (Å²) in [5.74, 6) is -0.755. The highest BCUT2D eigenvalue weighted by Gasteiger charge is 2.20. The Morgan fingerprint density at radius 1 is 1.36 bits per heavy atom. The zero-order valence-corrected chi connectivity index (χ0v) is 7.30. The molecule has 2 aliphatic heterocycles. The van der Waals surface area contributed by atoms with Crippen molar-refractivity contribution in [1.29, 1.82) is 0 Å². The Kier molecular flexibility index (Phi) is 3.47. The van der Waals surface area contributed by atoms with Crippen LogP contribution >= 0.6 is 0 Å². The van der Waals surface area contributed by atoms with E-state index in [1.165, 1.54) is 0 Å². The zero-order chi connectivity index (χ0) is 10.6. The van der Waals surface area contributed by atoms with E-state index in [9.17, 15) is 9.59 Å². The van der Waals surface area contributed by atoms with Gasteiger partial charge < -0.3 is 19.7 Å². The van der Waals surface area contributed by atoms with Crippen LogP contribution in [0.2, 0.25) is 0 Å². The summed E-state index contributed by atoms with van der Waals surface area (Å²) < 4.78 is 8.66. The fraction of sp³-hybridized carbons (Fsp3) is 0.500. The molecule has 2 rings (SSSR count). The molecule has 1 atom stereocenters. The first-order valence-electron chi connectivity index (χ1n) is 3.98. The standard InChI is InChI=1S/C4H6O3.C4H4O3/c2*5-3-1-4(6)7-2-3/h3,5H,1-2H2;1,5H,2H2. The molecule has 0 amide bonds. The maximum Gasteiger partial charge on any atom is 0.334 e. The molecule has 14 heavy (non-hydrogen) atoms. The predicted octanol–water partition coefficient (Wildman–Crippen LogP) is -0.721. The van der Waals surface area contributed by atoms with Crippen molar-refractivity contribution in [2.24, 2.45) is 0 Å². The number of aliphatic hydroxyl groups excluding tert-OH is 2. The quantitative estimate of drug-likeness (QED) is 0.503. The number of aliphatic hydroxyl groups is 2. The van der Waals surface area contributed by atoms with Gasteiger partial charge in [-0.2, -0.15) is 0 Å². The molecule has 0 spiro atoms. The normalized spacial score (nSPS) is 24.6. The van der Waals surface area contributed by atoms with Gasteiger partial charge in [0.05, 0.1) is 18.6 Å². The molecule has 0 aromatic carbocycles. The van der Waals surface area contributed by atoms with Crippen LogP contribution in [0.5, 0.6) is 0 Å². The van der Waals surface area contributed by atoms with Gasteiger partial charge in [0.15, 0.2) is 0 Å². The number of cyclic esters (lactones) is 2. The van der Waals surface area contributed by atoms with Crippen LogP contribution in [0.4, 0.5) is 0 Å². The van der Waals surface area contributed by atoms with Crippen molar-refractivity contribution in [2.45, 2.75) is 12.5 Å². The molecule has 6 heteroatoms. The van der Waals surface area contributed by atoms with Gasteiger partial charge in [0.1, 0.15) is 19.0 Å². The second-order valence-corrected chi connectivity index (χ2v) is 2.78. The summed E-state index contributed by atoms with van der Waals surface area (Å²) in [6.07, 6.45) is 0.674. The molecule has 0 saturated carbocycles. The Morgan fingerprint density at radius 2 is 2.07 bits per heavy atom. The lowest BCUT2D eigenvalue weighted by molar-refractivity contribution is -0.138. The third-order valence-electron chi connectivity index (χ3n) is 1.49. The van der Waals surface area contributed by atoms with Gasteiger partial charge >= 0.3 is 11.9 Å². The molecule has 0 aromatic rings. The van der Waals surface area contributed by atoms with Crippen LogP contribution in [0.3, 0.4) is 0 Å². The highest BCUT2D eigenvalue weighted by atomic mass is 16.6. The van der Waals surface area contributed by atoms with Gasteiger partial charge in [-0.1, -0.05) is 0 Å². The number of esters is 2. The second kappa shape index (κ2) is 4.61. The molecule has 78 valence electrons. The molecule has 0 radical (unpaired) electrons. The van der Waals surface area contributed by atoms with Gasteiger partial charge in [0.25, 0.3) is 0 Å². The number of hydrogen-bond acceptors (Lipinski definition) is 6. The Hall–Kier alpha value is -1.56. The molecular weight excluding hydrogens is 192 g/mol. The molecule has 1 fully saturated rings. The maximum atomic E-state index is 10.1. The van der Waals surface area contributed by atoms with Crippen molar-refractivity contribution in [2.75, 3.05) is 13.2 Å². The molecule has 1 saturated heterocycles. The van der Waals surface area contributed by atoms with Crippen LogP contribution < -0.4 is 0 Å². The van der Waals surface area contributed by atoms with Gasteiger partial charge in [-0.15, -0.1) is 0 Å². The SMILES string of the molecule is O=C1C=C(O)CO1.O=C1CC(O)CO1. The predicted molar refractivity (Wildman–Crippen MR) is 43.3 cm³/mol. The van der Waals surface area contributed by atoms with E-state index in [0.717, 1.165) is 6.08 Å². The Balaban J connectivity index is 0.000000140. The van der Waals surface area contributed by atoms with Crippen molar-refractivity contribution in [3.05, 3.63) is 11.8 Å². The van der Waals surface area contributed by atoms with Crippen molar-refractivity contribution in [3.63, 3.8) is 0 Å². The molecule has 2 N–H and O–H groups in total. The van der Waals surface area contributed by atoms with Crippen LogP contribution in [0.25, 0.3) is 0 Å². The van der Waals surface area contributed by atoms with Crippen LogP contribution in [0, 0.1) is 0 Å². The molecule has 0 aromatic heterocycles. The number of rotatable bonds is 0. The lowest BCUT2D eigenvalue weighted by atomic mass is 10.3. The van der Waals surface area contributed by atoms with E-state index in [-0.39, 0.29) is 31.4 Å². The Morgan fingerprint density at radius 3 is 2.21 bits per heavy atom. The third-order valence-corrected chi connectivity index (χ3v) is 1.49. The smallest absolute Gasteiger partial charge is 0.334 e. The van der Waals surface area contributed by atoms with E-state index < -0.39 is 12.1 Å². The Bertz CT molecular complexity index is 269. The Labute approximate surface area is 79.7 Å². The van der Waals surface area contributed by atoms with Crippen LogP contribution in [-0.4, -0.2) is 41.5 Å². The lowest BCUT2D eigenvalue weighted by Crippen LogP contribution is -2.02. The van der Waals surface area contributed by atoms with E-state index in [1.54, 1.807) is 0 Å². The van der Waals surface area contributed by atoms with E-state index in [1.807, 2.05) is 0 Å². The summed E-state index contributed by atoms with van der Waals surface area (Å²) in [6, 6.07) is 0. The van der Waals surface area contributed by atoms with E-state index in [2.05, 4.69) is 9.47 Å². The largest absolute Gasteiger partial charge is 0.508 e. The van der Waals surface area contributed by atoms with Crippen molar-refractivity contribution in [1.82, 2.24) is 0 Å². The molecule has 0 bridgehead atoms. The summed E-state index contributed by atoms with van der Waals surface area (Å²) >= 11 is 0. The van der Waals surface area contributed by atoms with E-state index >= 15 is 0 Å². The summed E-state index contributed by atoms with van der Waals surface area (Å²) in [6.45, 7) is 0.220. The summed E-state index contributed by atoms with van der Waals surface area (Å²) in [5, 5.41) is 17.0. The monoisotopic (exact) mass is 202 g/mol. The molecule has 6 nitrogen and oxygen atoms in total. The fourth-order valence-corrected chi connectivity index (χ4v) is 0.864. The molecule has 1 unspecified atom stereocenters. The maximum absolute atomic E-state index is 10.1. The van der Waals surface area contributed by atoms with Gasteiger partial charge in [-0.05, 0) is 0 Å². The topological polar surface area (TPSA) is 93.1 Å². The fourth-order valence-electron chi connectivity index (χ4n) is 0.864. The van der Waals surface area contributed by atoms with Crippen LogP contribution in [0.1, 0.15) is 6.42 Å². The molecule has 2 aliphatic rings. The average Bonchev–Trinajstić information content (AvgIpc) is 2.63. The summed E-state index contributed by atoms with van der Waals surface area (Å²) in [5.41, 5.74) is 0. The van der Waals surface area contributed by atoms with Gasteiger partial charge in [-0.25, -0.2) is 4.79 Å². The number of ether oxygens (including phenoxy) is 2. The minimum absolute atomic E-state index is 0.00463. The molecule has 2 heterocycles. The molecule has 0 aliphatic carbocycles. The van der Waals surface area contributed by atoms with E-state index in [4.69, 9.17) is 10.2 Å². The minimum atomic E-state index is -0.549.